The molecule has 0 radical (unpaired) electrons. The quantitative estimate of drug-likeness (QED) is 0.848. The van der Waals surface area contributed by atoms with E-state index in [1.54, 1.807) is 42.2 Å². The molecule has 1 aromatic carbocycles. The standard InChI is InChI=1S/C13H18N4O2S/c1-10-7-13(4-3-11(10)8-14)20(18,19)15-9-12-5-6-17(2)16-12/h3-7,15H,8-9,14H2,1-2H3. The van der Waals surface area contributed by atoms with Crippen LogP contribution in [0.25, 0.3) is 0 Å². The van der Waals surface area contributed by atoms with E-state index in [4.69, 9.17) is 5.73 Å². The molecule has 3 N–H and O–H groups in total. The lowest BCUT2D eigenvalue weighted by Crippen LogP contribution is -2.23. The zero-order chi connectivity index (χ0) is 14.8. The number of rotatable bonds is 5. The summed E-state index contributed by atoms with van der Waals surface area (Å²) >= 11 is 0. The Labute approximate surface area is 118 Å². The monoisotopic (exact) mass is 294 g/mol. The molecular formula is C13H18N4O2S. The van der Waals surface area contributed by atoms with Crippen LogP contribution in [-0.4, -0.2) is 18.2 Å². The average molecular weight is 294 g/mol. The Morgan fingerprint density at radius 2 is 2.10 bits per heavy atom. The van der Waals surface area contributed by atoms with Crippen LogP contribution in [-0.2, 0) is 30.2 Å². The van der Waals surface area contributed by atoms with E-state index < -0.39 is 10.0 Å². The van der Waals surface area contributed by atoms with Crippen LogP contribution in [0.15, 0.2) is 35.4 Å². The molecule has 6 nitrogen and oxygen atoms in total. The van der Waals surface area contributed by atoms with Crippen LogP contribution in [0.1, 0.15) is 16.8 Å². The van der Waals surface area contributed by atoms with Crippen LogP contribution < -0.4 is 10.5 Å². The Hall–Kier alpha value is -1.70. The highest BCUT2D eigenvalue weighted by Gasteiger charge is 2.15. The van der Waals surface area contributed by atoms with Gasteiger partial charge < -0.3 is 5.73 Å². The first-order valence-electron chi connectivity index (χ1n) is 6.20. The predicted octanol–water partition coefficient (Wildman–Crippen LogP) is 0.666. The van der Waals surface area contributed by atoms with Crippen molar-refractivity contribution in [3.63, 3.8) is 0 Å². The van der Waals surface area contributed by atoms with Crippen LogP contribution >= 0.6 is 0 Å². The summed E-state index contributed by atoms with van der Waals surface area (Å²) in [6.07, 6.45) is 1.77. The van der Waals surface area contributed by atoms with Gasteiger partial charge in [-0.15, -0.1) is 0 Å². The normalized spacial score (nSPS) is 11.8. The first-order valence-corrected chi connectivity index (χ1v) is 7.68. The average Bonchev–Trinajstić information content (AvgIpc) is 2.82. The van der Waals surface area contributed by atoms with Gasteiger partial charge in [0.25, 0.3) is 0 Å². The summed E-state index contributed by atoms with van der Waals surface area (Å²) in [6, 6.07) is 6.70. The molecule has 0 amide bonds. The van der Waals surface area contributed by atoms with Crippen molar-refractivity contribution in [2.45, 2.75) is 24.9 Å². The Morgan fingerprint density at radius 3 is 2.65 bits per heavy atom. The van der Waals surface area contributed by atoms with E-state index in [0.717, 1.165) is 11.1 Å². The minimum atomic E-state index is -3.54. The number of benzene rings is 1. The first kappa shape index (κ1) is 14.7. The molecule has 0 aliphatic heterocycles. The fourth-order valence-corrected chi connectivity index (χ4v) is 2.96. The third-order valence-corrected chi connectivity index (χ3v) is 4.46. The number of nitrogens with two attached hydrogens (primary N) is 1. The third kappa shape index (κ3) is 3.24. The zero-order valence-electron chi connectivity index (χ0n) is 11.5. The third-order valence-electron chi connectivity index (χ3n) is 3.06. The Kier molecular flexibility index (Phi) is 4.22. The summed E-state index contributed by atoms with van der Waals surface area (Å²) in [5, 5.41) is 4.13. The van der Waals surface area contributed by atoms with Crippen molar-refractivity contribution in [3.05, 3.63) is 47.3 Å². The second-order valence-electron chi connectivity index (χ2n) is 4.60. The molecule has 0 saturated carbocycles. The highest BCUT2D eigenvalue weighted by Crippen LogP contribution is 2.15. The van der Waals surface area contributed by atoms with E-state index in [2.05, 4.69) is 9.82 Å². The van der Waals surface area contributed by atoms with Gasteiger partial charge in [-0.3, -0.25) is 4.68 Å². The highest BCUT2D eigenvalue weighted by atomic mass is 32.2. The molecule has 0 bridgehead atoms. The van der Waals surface area contributed by atoms with Crippen molar-refractivity contribution >= 4 is 10.0 Å². The molecule has 0 atom stereocenters. The molecule has 2 rings (SSSR count). The van der Waals surface area contributed by atoms with Crippen molar-refractivity contribution in [1.82, 2.24) is 14.5 Å². The number of hydrogen-bond acceptors (Lipinski definition) is 4. The Morgan fingerprint density at radius 1 is 1.35 bits per heavy atom. The fourth-order valence-electron chi connectivity index (χ4n) is 1.87. The van der Waals surface area contributed by atoms with E-state index in [-0.39, 0.29) is 11.4 Å². The molecule has 1 heterocycles. The second-order valence-corrected chi connectivity index (χ2v) is 6.36. The lowest BCUT2D eigenvalue weighted by atomic mass is 10.1. The molecule has 0 aliphatic rings. The minimum absolute atomic E-state index is 0.168. The van der Waals surface area contributed by atoms with Crippen LogP contribution in [0.3, 0.4) is 0 Å². The van der Waals surface area contributed by atoms with Gasteiger partial charge >= 0.3 is 0 Å². The van der Waals surface area contributed by atoms with Crippen molar-refractivity contribution in [1.29, 1.82) is 0 Å². The summed E-state index contributed by atoms with van der Waals surface area (Å²) < 4.78 is 28.5. The Balaban J connectivity index is 2.15. The predicted molar refractivity (Wildman–Crippen MR) is 76.3 cm³/mol. The second kappa shape index (κ2) is 5.74. The van der Waals surface area contributed by atoms with Crippen molar-refractivity contribution in [2.24, 2.45) is 12.8 Å². The van der Waals surface area contributed by atoms with Crippen molar-refractivity contribution < 1.29 is 8.42 Å². The summed E-state index contributed by atoms with van der Waals surface area (Å²) in [7, 11) is -1.75. The smallest absolute Gasteiger partial charge is 0.240 e. The molecule has 0 unspecified atom stereocenters. The molecule has 2 aromatic rings. The SMILES string of the molecule is Cc1cc(S(=O)(=O)NCc2ccn(C)n2)ccc1CN. The van der Waals surface area contributed by atoms with Crippen LogP contribution in [0, 0.1) is 6.92 Å². The molecule has 0 spiro atoms. The van der Waals surface area contributed by atoms with Crippen molar-refractivity contribution in [3.8, 4) is 0 Å². The summed E-state index contributed by atoms with van der Waals surface area (Å²) in [5.74, 6) is 0. The van der Waals surface area contributed by atoms with Gasteiger partial charge in [0.1, 0.15) is 0 Å². The van der Waals surface area contributed by atoms with Crippen LogP contribution in [0.5, 0.6) is 0 Å². The molecule has 0 fully saturated rings. The largest absolute Gasteiger partial charge is 0.326 e. The van der Waals surface area contributed by atoms with Crippen LogP contribution in [0.4, 0.5) is 0 Å². The minimum Gasteiger partial charge on any atom is -0.326 e. The van der Waals surface area contributed by atoms with Gasteiger partial charge in [0.15, 0.2) is 0 Å². The molecule has 7 heteroatoms. The molecule has 1 aromatic heterocycles. The van der Waals surface area contributed by atoms with E-state index in [1.807, 2.05) is 6.92 Å². The van der Waals surface area contributed by atoms with Gasteiger partial charge in [-0.2, -0.15) is 5.10 Å². The molecule has 0 saturated heterocycles. The number of sulfonamides is 1. The maximum Gasteiger partial charge on any atom is 0.240 e. The summed E-state index contributed by atoms with van der Waals surface area (Å²) in [6.45, 7) is 2.41. The zero-order valence-corrected chi connectivity index (χ0v) is 12.3. The molecule has 108 valence electrons. The lowest BCUT2D eigenvalue weighted by molar-refractivity contribution is 0.579. The maximum atomic E-state index is 12.2. The number of nitrogens with zero attached hydrogens (tertiary/aromatic N) is 2. The topological polar surface area (TPSA) is 90.0 Å². The maximum absolute atomic E-state index is 12.2. The number of aryl methyl sites for hydroxylation is 2. The van der Waals surface area contributed by atoms with E-state index in [1.165, 1.54) is 0 Å². The van der Waals surface area contributed by atoms with Gasteiger partial charge in [-0.25, -0.2) is 13.1 Å². The van der Waals surface area contributed by atoms with Gasteiger partial charge in [0.05, 0.1) is 17.1 Å². The summed E-state index contributed by atoms with van der Waals surface area (Å²) in [4.78, 5) is 0.239. The van der Waals surface area contributed by atoms with E-state index >= 15 is 0 Å². The van der Waals surface area contributed by atoms with Gasteiger partial charge in [-0.05, 0) is 36.2 Å². The van der Waals surface area contributed by atoms with Gasteiger partial charge in [-0.1, -0.05) is 6.07 Å². The highest BCUT2D eigenvalue weighted by molar-refractivity contribution is 7.89. The summed E-state index contributed by atoms with van der Waals surface area (Å²) in [5.41, 5.74) is 8.05. The molecule has 20 heavy (non-hydrogen) atoms. The first-order chi connectivity index (χ1) is 9.42. The number of nitrogens with one attached hydrogen (secondary N) is 1. The van der Waals surface area contributed by atoms with E-state index in [0.29, 0.717) is 12.2 Å². The van der Waals surface area contributed by atoms with Gasteiger partial charge in [0.2, 0.25) is 10.0 Å². The Bertz CT molecular complexity index is 707. The molecule has 0 aliphatic carbocycles. The number of aromatic nitrogens is 2. The molecular weight excluding hydrogens is 276 g/mol. The number of hydrogen-bond donors (Lipinski definition) is 2. The fraction of sp³-hybridized carbons (Fsp3) is 0.308. The van der Waals surface area contributed by atoms with Crippen molar-refractivity contribution in [2.75, 3.05) is 0 Å². The van der Waals surface area contributed by atoms with Gasteiger partial charge in [0, 0.05) is 19.8 Å². The van der Waals surface area contributed by atoms with E-state index in [9.17, 15) is 8.42 Å². The van der Waals surface area contributed by atoms with Crippen LogP contribution in [0.2, 0.25) is 0 Å². The lowest BCUT2D eigenvalue weighted by Gasteiger charge is -2.08.